The van der Waals surface area contributed by atoms with E-state index >= 15 is 0 Å². The number of fused-ring (bicyclic) bond motifs is 1. The second-order valence-electron chi connectivity index (χ2n) is 3.76. The predicted octanol–water partition coefficient (Wildman–Crippen LogP) is 4.12. The van der Waals surface area contributed by atoms with Crippen LogP contribution in [-0.2, 0) is 19.0 Å². The first-order chi connectivity index (χ1) is 9.63. The van der Waals surface area contributed by atoms with E-state index in [1.165, 1.54) is 0 Å². The Morgan fingerprint density at radius 3 is 2.05 bits per heavy atom. The van der Waals surface area contributed by atoms with Crippen LogP contribution in [0.15, 0.2) is 12.1 Å². The second kappa shape index (κ2) is 5.92. The number of rotatable bonds is 1. The van der Waals surface area contributed by atoms with Gasteiger partial charge in [0, 0.05) is 0 Å². The number of nitrogens with one attached hydrogen (secondary N) is 1. The third kappa shape index (κ3) is 3.66. The number of imidazole rings is 1. The molecule has 0 aliphatic rings. The minimum Gasteiger partial charge on any atom is -0.388 e. The molecule has 2 rings (SSSR count). The fraction of sp³-hybridized carbons (Fsp3) is 0.417. The van der Waals surface area contributed by atoms with Crippen molar-refractivity contribution >= 4 is 11.0 Å². The topological polar surface area (TPSA) is 48.9 Å². The zero-order valence-electron chi connectivity index (χ0n) is 11.0. The molecule has 0 amide bonds. The number of aromatic nitrogens is 2. The summed E-state index contributed by atoms with van der Waals surface area (Å²) in [7, 11) is 0. The molecule has 3 nitrogen and oxygen atoms in total. The zero-order valence-corrected chi connectivity index (χ0v) is 11.0. The molecule has 1 aromatic heterocycles. The van der Waals surface area contributed by atoms with E-state index in [1.807, 2.05) is 13.8 Å². The van der Waals surface area contributed by atoms with E-state index in [-0.39, 0.29) is 11.9 Å². The van der Waals surface area contributed by atoms with Gasteiger partial charge < -0.3 is 10.1 Å². The van der Waals surface area contributed by atoms with Crippen molar-refractivity contribution in [2.45, 2.75) is 32.8 Å². The number of nitrogens with zero attached hydrogens (tertiary/aromatic N) is 1. The van der Waals surface area contributed by atoms with Crippen molar-refractivity contribution in [2.75, 3.05) is 0 Å². The Balaban J connectivity index is 0.00000106. The van der Waals surface area contributed by atoms with Gasteiger partial charge >= 0.3 is 12.4 Å². The van der Waals surface area contributed by atoms with E-state index in [9.17, 15) is 26.3 Å². The van der Waals surface area contributed by atoms with Gasteiger partial charge in [-0.05, 0) is 12.1 Å². The van der Waals surface area contributed by atoms with Gasteiger partial charge in [-0.2, -0.15) is 26.3 Å². The van der Waals surface area contributed by atoms with E-state index in [0.717, 1.165) is 0 Å². The molecular weight excluding hydrogens is 302 g/mol. The molecule has 2 aromatic rings. The molecule has 1 aromatic carbocycles. The fourth-order valence-corrected chi connectivity index (χ4v) is 1.62. The van der Waals surface area contributed by atoms with Gasteiger partial charge in [-0.15, -0.1) is 0 Å². The number of alkyl halides is 6. The number of H-pyrrole nitrogens is 1. The van der Waals surface area contributed by atoms with Crippen LogP contribution >= 0.6 is 0 Å². The molecule has 0 bridgehead atoms. The lowest BCUT2D eigenvalue weighted by Gasteiger charge is -2.11. The van der Waals surface area contributed by atoms with Crippen molar-refractivity contribution in [3.05, 3.63) is 29.1 Å². The summed E-state index contributed by atoms with van der Waals surface area (Å²) in [6.07, 6.45) is -9.87. The van der Waals surface area contributed by atoms with Gasteiger partial charge in [-0.25, -0.2) is 4.98 Å². The third-order valence-corrected chi connectivity index (χ3v) is 2.42. The van der Waals surface area contributed by atoms with Crippen LogP contribution in [0.2, 0.25) is 0 Å². The summed E-state index contributed by atoms with van der Waals surface area (Å²) in [5.74, 6) is -0.236. The maximum absolute atomic E-state index is 12.7. The van der Waals surface area contributed by atoms with Crippen LogP contribution in [0.3, 0.4) is 0 Å². The van der Waals surface area contributed by atoms with Crippen molar-refractivity contribution in [3.63, 3.8) is 0 Å². The SMILES string of the molecule is CC.OCc1nc2c(C(F)(F)F)cc(C(F)(F)F)cc2[nH]1. The first kappa shape index (κ1) is 17.3. The summed E-state index contributed by atoms with van der Waals surface area (Å²) >= 11 is 0. The summed E-state index contributed by atoms with van der Waals surface area (Å²) in [5, 5.41) is 8.76. The number of hydrogen-bond acceptors (Lipinski definition) is 2. The lowest BCUT2D eigenvalue weighted by molar-refractivity contribution is -0.142. The molecule has 118 valence electrons. The van der Waals surface area contributed by atoms with Crippen molar-refractivity contribution in [1.29, 1.82) is 0 Å². The highest BCUT2D eigenvalue weighted by molar-refractivity contribution is 5.80. The Morgan fingerprint density at radius 1 is 1.05 bits per heavy atom. The first-order valence-corrected chi connectivity index (χ1v) is 5.91. The molecule has 1 heterocycles. The fourth-order valence-electron chi connectivity index (χ4n) is 1.62. The summed E-state index contributed by atoms with van der Waals surface area (Å²) in [5.41, 5.74) is -4.00. The van der Waals surface area contributed by atoms with Crippen LogP contribution in [0.1, 0.15) is 30.8 Å². The molecular formula is C12H12F6N2O. The molecule has 0 radical (unpaired) electrons. The van der Waals surface area contributed by atoms with Crippen LogP contribution in [0.5, 0.6) is 0 Å². The maximum Gasteiger partial charge on any atom is 0.418 e. The Hall–Kier alpha value is -1.77. The van der Waals surface area contributed by atoms with Crippen LogP contribution in [0.25, 0.3) is 11.0 Å². The van der Waals surface area contributed by atoms with Crippen molar-refractivity contribution in [2.24, 2.45) is 0 Å². The molecule has 21 heavy (non-hydrogen) atoms. The Labute approximate surface area is 115 Å². The van der Waals surface area contributed by atoms with Gasteiger partial charge in [0.05, 0.1) is 16.6 Å². The lowest BCUT2D eigenvalue weighted by atomic mass is 10.1. The number of benzene rings is 1. The van der Waals surface area contributed by atoms with Gasteiger partial charge in [0.1, 0.15) is 17.9 Å². The predicted molar refractivity (Wildman–Crippen MR) is 63.4 cm³/mol. The Kier molecular flexibility index (Phi) is 4.87. The second-order valence-corrected chi connectivity index (χ2v) is 3.76. The largest absolute Gasteiger partial charge is 0.418 e. The summed E-state index contributed by atoms with van der Waals surface area (Å²) in [6, 6.07) is 0.529. The summed E-state index contributed by atoms with van der Waals surface area (Å²) in [4.78, 5) is 5.64. The van der Waals surface area contributed by atoms with Crippen molar-refractivity contribution in [3.8, 4) is 0 Å². The number of halogens is 6. The monoisotopic (exact) mass is 314 g/mol. The molecule has 0 saturated carbocycles. The molecule has 0 aliphatic carbocycles. The third-order valence-electron chi connectivity index (χ3n) is 2.42. The van der Waals surface area contributed by atoms with Crippen molar-refractivity contribution < 1.29 is 31.4 Å². The summed E-state index contributed by atoms with van der Waals surface area (Å²) < 4.78 is 75.7. The lowest BCUT2D eigenvalue weighted by Crippen LogP contribution is -2.11. The average Bonchev–Trinajstić information content (AvgIpc) is 2.80. The quantitative estimate of drug-likeness (QED) is 0.778. The highest BCUT2D eigenvalue weighted by Crippen LogP contribution is 2.39. The van der Waals surface area contributed by atoms with Gasteiger partial charge in [0.15, 0.2) is 0 Å². The van der Waals surface area contributed by atoms with E-state index < -0.39 is 41.1 Å². The van der Waals surface area contributed by atoms with Crippen LogP contribution in [0.4, 0.5) is 26.3 Å². The molecule has 0 spiro atoms. The molecule has 0 saturated heterocycles. The number of hydrogen-bond donors (Lipinski definition) is 2. The molecule has 0 aliphatic heterocycles. The molecule has 0 unspecified atom stereocenters. The smallest absolute Gasteiger partial charge is 0.388 e. The van der Waals surface area contributed by atoms with Gasteiger partial charge in [-0.3, -0.25) is 0 Å². The summed E-state index contributed by atoms with van der Waals surface area (Å²) in [6.45, 7) is 3.30. The number of aliphatic hydroxyl groups is 1. The molecule has 0 fully saturated rings. The van der Waals surface area contributed by atoms with Gasteiger partial charge in [-0.1, -0.05) is 13.8 Å². The van der Waals surface area contributed by atoms with E-state index in [1.54, 1.807) is 0 Å². The number of aliphatic hydroxyl groups excluding tert-OH is 1. The molecule has 9 heteroatoms. The minimum atomic E-state index is -4.97. The Morgan fingerprint density at radius 2 is 1.62 bits per heavy atom. The van der Waals surface area contributed by atoms with E-state index in [4.69, 9.17) is 5.11 Å². The van der Waals surface area contributed by atoms with E-state index in [0.29, 0.717) is 6.07 Å². The first-order valence-electron chi connectivity index (χ1n) is 5.91. The normalized spacial score (nSPS) is 12.2. The number of aromatic amines is 1. The molecule has 0 atom stereocenters. The highest BCUT2D eigenvalue weighted by Gasteiger charge is 2.39. The highest BCUT2D eigenvalue weighted by atomic mass is 19.4. The zero-order chi connectivity index (χ0) is 16.4. The Bertz CT molecular complexity index is 614. The standard InChI is InChI=1S/C10H6F6N2O.C2H6/c11-9(12,13)4-1-5(10(14,15)16)8-6(2-4)17-7(3-19)18-8;1-2/h1-2,19H,3H2,(H,17,18);1-2H3. The van der Waals surface area contributed by atoms with E-state index in [2.05, 4.69) is 9.97 Å². The van der Waals surface area contributed by atoms with Crippen LogP contribution in [0, 0.1) is 0 Å². The average molecular weight is 314 g/mol. The van der Waals surface area contributed by atoms with Crippen molar-refractivity contribution in [1.82, 2.24) is 9.97 Å². The van der Waals surface area contributed by atoms with Gasteiger partial charge in [0.2, 0.25) is 0 Å². The van der Waals surface area contributed by atoms with Crippen LogP contribution in [-0.4, -0.2) is 15.1 Å². The minimum absolute atomic E-state index is 0.00429. The van der Waals surface area contributed by atoms with Crippen LogP contribution < -0.4 is 0 Å². The van der Waals surface area contributed by atoms with Gasteiger partial charge in [0.25, 0.3) is 0 Å². The maximum atomic E-state index is 12.7. The molecule has 2 N–H and O–H groups in total.